The third kappa shape index (κ3) is 5.28. The van der Waals surface area contributed by atoms with E-state index in [0.717, 1.165) is 0 Å². The lowest BCUT2D eigenvalue weighted by Gasteiger charge is -2.55. The summed E-state index contributed by atoms with van der Waals surface area (Å²) in [6, 6.07) is 9.23. The zero-order valence-electron chi connectivity index (χ0n) is 21.1. The molecule has 2 amide bonds. The molecule has 2 aliphatic rings. The van der Waals surface area contributed by atoms with Gasteiger partial charge in [-0.1, -0.05) is 6.92 Å². The van der Waals surface area contributed by atoms with E-state index in [1.807, 2.05) is 33.8 Å². The third-order valence-electron chi connectivity index (χ3n) is 6.82. The van der Waals surface area contributed by atoms with Crippen molar-refractivity contribution >= 4 is 29.4 Å². The lowest BCUT2D eigenvalue weighted by atomic mass is 9.73. The number of rotatable bonds is 4. The number of carbonyl (C=O) groups is 2. The number of amides is 2. The maximum atomic E-state index is 15.5. The number of nitrogens with one attached hydrogen (secondary N) is 2. The van der Waals surface area contributed by atoms with Gasteiger partial charge in [-0.15, -0.1) is 11.8 Å². The molecule has 0 saturated carbocycles. The summed E-state index contributed by atoms with van der Waals surface area (Å²) in [6.07, 6.45) is 0.899. The Bertz CT molecular complexity index is 1230. The SMILES string of the molecule is CC1S[C@@H](N(C(=O)O)C(C)(C)C)N[C@@]2(c3cc(NC(=O)c4ccc(C#N)cn4)ccc3F)COCC[C@@H]12. The van der Waals surface area contributed by atoms with E-state index < -0.39 is 34.4 Å². The fourth-order valence-corrected chi connectivity index (χ4v) is 6.86. The second-order valence-electron chi connectivity index (χ2n) is 10.3. The van der Waals surface area contributed by atoms with Crippen LogP contribution in [0.1, 0.15) is 55.7 Å². The largest absolute Gasteiger partial charge is 0.465 e. The van der Waals surface area contributed by atoms with Crippen LogP contribution in [0, 0.1) is 23.1 Å². The number of ether oxygens (including phenoxy) is 1. The van der Waals surface area contributed by atoms with Crippen molar-refractivity contribution in [2.24, 2.45) is 5.92 Å². The maximum absolute atomic E-state index is 15.5. The number of fused-ring (bicyclic) bond motifs is 1. The molecule has 2 aliphatic heterocycles. The molecule has 3 N–H and O–H groups in total. The Kier molecular flexibility index (Phi) is 7.46. The maximum Gasteiger partial charge on any atom is 0.409 e. The summed E-state index contributed by atoms with van der Waals surface area (Å²) in [5.74, 6) is -1.02. The molecule has 0 radical (unpaired) electrons. The second-order valence-corrected chi connectivity index (χ2v) is 11.7. The smallest absolute Gasteiger partial charge is 0.409 e. The molecule has 3 heterocycles. The van der Waals surface area contributed by atoms with E-state index in [9.17, 15) is 14.7 Å². The highest BCUT2D eigenvalue weighted by Gasteiger charge is 2.54. The molecular formula is C26H30FN5O4S. The van der Waals surface area contributed by atoms with E-state index in [1.165, 1.54) is 47.1 Å². The number of halogens is 1. The van der Waals surface area contributed by atoms with Gasteiger partial charge >= 0.3 is 6.09 Å². The number of pyridine rings is 1. The predicted octanol–water partition coefficient (Wildman–Crippen LogP) is 4.36. The molecular weight excluding hydrogens is 497 g/mol. The highest BCUT2D eigenvalue weighted by atomic mass is 32.2. The van der Waals surface area contributed by atoms with E-state index in [1.54, 1.807) is 6.07 Å². The molecule has 0 spiro atoms. The molecule has 2 fully saturated rings. The minimum Gasteiger partial charge on any atom is -0.465 e. The molecule has 196 valence electrons. The number of carbonyl (C=O) groups excluding carboxylic acids is 1. The molecule has 1 aromatic carbocycles. The van der Waals surface area contributed by atoms with Crippen molar-refractivity contribution in [3.63, 3.8) is 0 Å². The fourth-order valence-electron chi connectivity index (χ4n) is 5.09. The molecule has 2 aromatic rings. The molecule has 4 atom stereocenters. The topological polar surface area (TPSA) is 128 Å². The van der Waals surface area contributed by atoms with Crippen molar-refractivity contribution in [2.75, 3.05) is 18.5 Å². The van der Waals surface area contributed by atoms with Gasteiger partial charge < -0.3 is 15.2 Å². The van der Waals surface area contributed by atoms with E-state index >= 15 is 4.39 Å². The first kappa shape index (κ1) is 26.9. The minimum absolute atomic E-state index is 0.000142. The van der Waals surface area contributed by atoms with Crippen LogP contribution in [0.5, 0.6) is 0 Å². The first-order valence-corrected chi connectivity index (χ1v) is 12.9. The zero-order valence-corrected chi connectivity index (χ0v) is 21.9. The summed E-state index contributed by atoms with van der Waals surface area (Å²) in [5.41, 5.74) is -1.25. The van der Waals surface area contributed by atoms with Gasteiger partial charge in [0.1, 0.15) is 23.1 Å². The normalized spacial score (nSPS) is 25.5. The Balaban J connectivity index is 1.71. The van der Waals surface area contributed by atoms with Crippen LogP contribution < -0.4 is 10.6 Å². The minimum atomic E-state index is -1.08. The van der Waals surface area contributed by atoms with Gasteiger partial charge in [0.05, 0.1) is 17.7 Å². The van der Waals surface area contributed by atoms with Crippen LogP contribution in [0.4, 0.5) is 14.9 Å². The quantitative estimate of drug-likeness (QED) is 0.535. The van der Waals surface area contributed by atoms with Gasteiger partial charge in [0.25, 0.3) is 5.91 Å². The molecule has 0 bridgehead atoms. The van der Waals surface area contributed by atoms with Gasteiger partial charge in [-0.05, 0) is 63.4 Å². The van der Waals surface area contributed by atoms with E-state index in [4.69, 9.17) is 10.00 Å². The first-order valence-electron chi connectivity index (χ1n) is 12.0. The van der Waals surface area contributed by atoms with Crippen molar-refractivity contribution in [1.29, 1.82) is 5.26 Å². The van der Waals surface area contributed by atoms with Crippen molar-refractivity contribution in [3.05, 3.63) is 59.2 Å². The van der Waals surface area contributed by atoms with E-state index in [-0.39, 0.29) is 23.5 Å². The van der Waals surface area contributed by atoms with Crippen molar-refractivity contribution < 1.29 is 23.8 Å². The van der Waals surface area contributed by atoms with E-state index in [0.29, 0.717) is 29.8 Å². The Morgan fingerprint density at radius 3 is 2.73 bits per heavy atom. The molecule has 4 rings (SSSR count). The van der Waals surface area contributed by atoms with Crippen LogP contribution in [-0.2, 0) is 10.3 Å². The van der Waals surface area contributed by atoms with Gasteiger partial charge in [-0.3, -0.25) is 15.0 Å². The van der Waals surface area contributed by atoms with Crippen molar-refractivity contribution in [1.82, 2.24) is 15.2 Å². The monoisotopic (exact) mass is 527 g/mol. The third-order valence-corrected chi connectivity index (χ3v) is 8.16. The molecule has 2 saturated heterocycles. The van der Waals surface area contributed by atoms with Crippen molar-refractivity contribution in [2.45, 2.75) is 55.9 Å². The van der Waals surface area contributed by atoms with Crippen LogP contribution in [0.25, 0.3) is 0 Å². The molecule has 9 nitrogen and oxygen atoms in total. The lowest BCUT2D eigenvalue weighted by Crippen LogP contribution is -2.68. The predicted molar refractivity (Wildman–Crippen MR) is 138 cm³/mol. The summed E-state index contributed by atoms with van der Waals surface area (Å²) < 4.78 is 21.4. The number of carboxylic acid groups (broad SMARTS) is 1. The Morgan fingerprint density at radius 2 is 2.11 bits per heavy atom. The number of aromatic nitrogens is 1. The Morgan fingerprint density at radius 1 is 1.35 bits per heavy atom. The number of hydrogen-bond donors (Lipinski definition) is 3. The van der Waals surface area contributed by atoms with Gasteiger partial charge in [-0.25, -0.2) is 14.2 Å². The highest BCUT2D eigenvalue weighted by molar-refractivity contribution is 8.00. The van der Waals surface area contributed by atoms with Crippen molar-refractivity contribution in [3.8, 4) is 6.07 Å². The number of anilines is 1. The van der Waals surface area contributed by atoms with Gasteiger partial charge in [0.15, 0.2) is 0 Å². The summed E-state index contributed by atoms with van der Waals surface area (Å²) >= 11 is 1.50. The summed E-state index contributed by atoms with van der Waals surface area (Å²) in [5, 5.41) is 25.2. The second kappa shape index (κ2) is 10.3. The average molecular weight is 528 g/mol. The highest BCUT2D eigenvalue weighted by Crippen LogP contribution is 2.49. The molecule has 1 aromatic heterocycles. The Labute approximate surface area is 219 Å². The van der Waals surface area contributed by atoms with Crippen LogP contribution in [0.3, 0.4) is 0 Å². The van der Waals surface area contributed by atoms with Gasteiger partial charge in [0.2, 0.25) is 0 Å². The fraction of sp³-hybridized carbons (Fsp3) is 0.462. The van der Waals surface area contributed by atoms with Gasteiger partial charge in [0, 0.05) is 34.8 Å². The number of thioether (sulfide) groups is 1. The molecule has 0 aliphatic carbocycles. The standard InChI is InChI=1S/C26H30FN5O4S/c1-15-18-9-10-36-14-26(18,31-23(37-15)32(24(34)35)25(2,3)4)19-11-17(6-7-20(19)27)30-22(33)21-8-5-16(12-28)13-29-21/h5-8,11,13,15,18,23,31H,9-10,14H2,1-4H3,(H,30,33)(H,34,35)/t15?,18-,23+,26-/m0/s1. The Hall–Kier alpha value is -3.20. The van der Waals surface area contributed by atoms with Crippen LogP contribution in [-0.4, -0.2) is 56.5 Å². The van der Waals surface area contributed by atoms with Crippen LogP contribution in [0.15, 0.2) is 36.5 Å². The number of benzene rings is 1. The molecule has 11 heteroatoms. The lowest BCUT2D eigenvalue weighted by molar-refractivity contribution is -0.0445. The number of nitrogens with zero attached hydrogens (tertiary/aromatic N) is 3. The number of nitriles is 1. The molecule has 37 heavy (non-hydrogen) atoms. The first-order chi connectivity index (χ1) is 17.5. The van der Waals surface area contributed by atoms with E-state index in [2.05, 4.69) is 15.6 Å². The molecule has 1 unspecified atom stereocenters. The summed E-state index contributed by atoms with van der Waals surface area (Å²) in [4.78, 5) is 30.4. The average Bonchev–Trinajstić information content (AvgIpc) is 2.84. The number of hydrogen-bond acceptors (Lipinski definition) is 7. The van der Waals surface area contributed by atoms with Gasteiger partial charge in [-0.2, -0.15) is 5.26 Å². The zero-order chi connectivity index (χ0) is 27.0. The summed E-state index contributed by atoms with van der Waals surface area (Å²) in [6.45, 7) is 8.16. The summed E-state index contributed by atoms with van der Waals surface area (Å²) in [7, 11) is 0. The van der Waals surface area contributed by atoms with Crippen LogP contribution in [0.2, 0.25) is 0 Å². The van der Waals surface area contributed by atoms with Crippen LogP contribution >= 0.6 is 11.8 Å².